The van der Waals surface area contributed by atoms with Crippen molar-refractivity contribution in [3.8, 4) is 0 Å². The Labute approximate surface area is 852 Å². The van der Waals surface area contributed by atoms with Crippen molar-refractivity contribution in [3.05, 3.63) is 299 Å². The number of hydrogen-bond acceptors (Lipinski definition) is 20. The van der Waals surface area contributed by atoms with Gasteiger partial charge in [0, 0.05) is 139 Å². The molecule has 0 saturated heterocycles. The number of aromatic nitrogens is 5. The van der Waals surface area contributed by atoms with E-state index in [1.165, 1.54) is 18.7 Å². The van der Waals surface area contributed by atoms with Crippen molar-refractivity contribution < 1.29 is 46.8 Å². The molecule has 20 nitrogen and oxygen atoms in total. The van der Waals surface area contributed by atoms with Crippen molar-refractivity contribution in [2.75, 3.05) is 75.6 Å². The SMILES string of the molecule is C.[2H]C(C)(C)N1c2ccccc2N(c2c(C)ccc3c2oc2nc(C)ccc23)[C@H]1C.[2H]C([2H])(C)N1c2ccccc2N(c2c(C)ccc3c2oc2nc(C)ccc23)[C@H]1C.[2H]C([2H])([2H])C(C)(CN1c2ccccc2N(c2c(C)ccc3c2oc2nc(C)ccc23)[C@H]1C)C([2H])([2H])[2H].[2H]C([2H])([2H])C(C)(CN1c2ccccc2N(c2c(C)ccc3c2oc2ncccc23)[C@H]1C)C([2H])([2H])[2H].[2H]C([2H])([2H])N1c2ccccc2N(c2c(C)ccc3c2oc2nc(C)ccc23)[C@H]1C. The van der Waals surface area contributed by atoms with Crippen molar-refractivity contribution in [3.63, 3.8) is 0 Å². The number of fused-ring (bicyclic) bond motifs is 20. The van der Waals surface area contributed by atoms with E-state index in [-0.39, 0.29) is 45.2 Å². The molecule has 0 amide bonds. The molecule has 718 valence electrons. The molecule has 0 aliphatic carbocycles. The van der Waals surface area contributed by atoms with Crippen LogP contribution in [0.15, 0.2) is 271 Å². The highest BCUT2D eigenvalue weighted by Crippen LogP contribution is 2.56. The maximum absolute atomic E-state index is 8.74. The van der Waals surface area contributed by atoms with Gasteiger partial charge < -0.3 is 71.1 Å². The lowest BCUT2D eigenvalue weighted by Gasteiger charge is -2.35. The third-order valence-corrected chi connectivity index (χ3v) is 27.8. The number of pyridine rings is 5. The van der Waals surface area contributed by atoms with Crippen molar-refractivity contribution in [2.24, 2.45) is 10.8 Å². The smallest absolute Gasteiger partial charge is 0.227 e. The number of aryl methyl sites for hydroxylation is 9. The molecule has 0 fully saturated rings. The van der Waals surface area contributed by atoms with Crippen LogP contribution in [0.2, 0.25) is 0 Å². The first-order chi connectivity index (χ1) is 74.4. The lowest BCUT2D eigenvalue weighted by molar-refractivity contribution is 0.399. The highest BCUT2D eigenvalue weighted by molar-refractivity contribution is 6.15. The van der Waals surface area contributed by atoms with Crippen LogP contribution in [0.4, 0.5) is 85.3 Å². The Balaban J connectivity index is 0.000000119. The van der Waals surface area contributed by atoms with E-state index in [0.717, 1.165) is 201 Å². The molecule has 5 aliphatic heterocycles. The number of furan rings is 5. The minimum Gasteiger partial charge on any atom is -0.435 e. The Morgan fingerprint density at radius 1 is 0.312 bits per heavy atom. The summed E-state index contributed by atoms with van der Waals surface area (Å²) in [7, 11) is 0. The number of hydrogen-bond donors (Lipinski definition) is 0. The second kappa shape index (κ2) is 36.0. The summed E-state index contributed by atoms with van der Waals surface area (Å²) in [6.45, 7) is 21.4. The van der Waals surface area contributed by atoms with Crippen molar-refractivity contribution in [1.82, 2.24) is 24.9 Å². The van der Waals surface area contributed by atoms with Crippen molar-refractivity contribution in [2.45, 2.75) is 203 Å². The summed E-state index contributed by atoms with van der Waals surface area (Å²) in [6, 6.07) is 79.2. The maximum Gasteiger partial charge on any atom is 0.227 e. The van der Waals surface area contributed by atoms with E-state index in [2.05, 4.69) is 136 Å². The van der Waals surface area contributed by atoms with Crippen LogP contribution < -0.4 is 49.0 Å². The molecule has 15 heterocycles. The lowest BCUT2D eigenvalue weighted by atomic mass is 9.95. The van der Waals surface area contributed by atoms with Crippen molar-refractivity contribution >= 4 is 196 Å². The van der Waals surface area contributed by atoms with Crippen LogP contribution in [0.25, 0.3) is 110 Å². The average molecular weight is 1890 g/mol. The van der Waals surface area contributed by atoms with Crippen LogP contribution in [-0.4, -0.2) is 88.3 Å². The Morgan fingerprint density at radius 3 is 0.894 bits per heavy atom. The van der Waals surface area contributed by atoms with Gasteiger partial charge in [0.2, 0.25) is 28.6 Å². The quantitative estimate of drug-likeness (QED) is 0.134. The third-order valence-electron chi connectivity index (χ3n) is 27.8. The number of nitrogens with zero attached hydrogens (tertiary/aromatic N) is 15. The van der Waals surface area contributed by atoms with Gasteiger partial charge in [-0.1, -0.05) is 170 Å². The third kappa shape index (κ3) is 16.0. The van der Waals surface area contributed by atoms with E-state index < -0.39 is 63.9 Å². The Morgan fingerprint density at radius 2 is 0.574 bits per heavy atom. The van der Waals surface area contributed by atoms with Crippen LogP contribution >= 0.6 is 0 Å². The van der Waals surface area contributed by atoms with Crippen LogP contribution in [0.3, 0.4) is 0 Å². The topological polar surface area (TPSA) is 163 Å². The van der Waals surface area contributed by atoms with Gasteiger partial charge in [-0.2, -0.15) is 0 Å². The van der Waals surface area contributed by atoms with Gasteiger partial charge >= 0.3 is 0 Å². The Kier molecular flexibility index (Phi) is 18.9. The molecule has 0 spiro atoms. The van der Waals surface area contributed by atoms with E-state index in [1.54, 1.807) is 13.1 Å². The monoisotopic (exact) mass is 1890 g/mol. The highest BCUT2D eigenvalue weighted by atomic mass is 16.4. The van der Waals surface area contributed by atoms with Crippen LogP contribution in [0, 0.1) is 73.1 Å². The van der Waals surface area contributed by atoms with E-state index in [1.807, 2.05) is 287 Å². The minimum atomic E-state index is -2.68. The first-order valence-electron chi connectivity index (χ1n) is 56.7. The standard InChI is InChI=1S/C26H29N3O.C25H27N3O.C24H25N3O.C23H23N3O.C22H21N3O.CH4/c1-16-11-13-19-20-14-12-17(2)27-25(20)30-24(19)23(16)29-18(3)28(15-26(4,5)6)21-9-7-8-10-22(21)29;1-16-12-13-18-19-9-8-14-26-24(19)29-23(18)22(16)28-17(2)27(15-25(3,4)5)20-10-6-7-11-21(20)28;1-14(2)26-17(5)27(21-9-7-6-8-20(21)26)22-15(3)10-12-18-19-13-11-16(4)25-24(19)28-23(18)22;1-5-25-16(4)26(20-9-7-6-8-19(20)25)21-14(2)10-12-17-18-13-11-15(3)24-23(18)27-22(17)21;1-13-9-11-16-17-12-10-14(2)23-22(17)26-21(16)20(13)25-15(3)24(4)18-7-5-6-8-19(18)25;/h7-14,18H,15H2,1-6H3;6-14,17H,15H2,1-5H3;6-14,17H,1-5H3;6-13,16H,5H2,1-4H3;5-12,15H,1-4H3;1H4/t18-;2*17-;16-;15-;/m00000./s1/i4D3,5D3;3D3,4D3;14D;5D2;4D3;. The number of para-hydroxylation sites is 10. The highest BCUT2D eigenvalue weighted by Gasteiger charge is 2.44. The average Bonchev–Trinajstić information content (AvgIpc) is 1.58. The summed E-state index contributed by atoms with van der Waals surface area (Å²) in [4.78, 5) is 42.7. The molecule has 5 atom stereocenters. The molecule has 0 N–H and O–H groups in total. The molecule has 10 aromatic heterocycles. The zero-order valence-electron chi connectivity index (χ0n) is 100. The predicted molar refractivity (Wildman–Crippen MR) is 590 cm³/mol. The second-order valence-corrected chi connectivity index (χ2v) is 38.3. The molecule has 20 heteroatoms. The van der Waals surface area contributed by atoms with Gasteiger partial charge in [0.05, 0.1) is 86.7 Å². The van der Waals surface area contributed by atoms with Crippen molar-refractivity contribution in [1.29, 1.82) is 0 Å². The van der Waals surface area contributed by atoms with E-state index in [4.69, 9.17) is 46.8 Å². The number of anilines is 15. The number of benzene rings is 10. The lowest BCUT2D eigenvalue weighted by Crippen LogP contribution is -2.42. The summed E-state index contributed by atoms with van der Waals surface area (Å²) in [6.07, 6.45) is 0.344. The molecule has 25 rings (SSSR count). The fourth-order valence-corrected chi connectivity index (χ4v) is 21.5. The molecule has 0 saturated carbocycles. The molecule has 0 radical (unpaired) electrons. The Bertz CT molecular complexity index is 8570. The molecular weight excluding hydrogens is 1740 g/mol. The molecule has 141 heavy (non-hydrogen) atoms. The molecule has 0 unspecified atom stereocenters. The molecule has 5 aliphatic rings. The van der Waals surface area contributed by atoms with Gasteiger partial charge in [-0.05, 0) is 278 Å². The number of rotatable bonds is 9. The zero-order chi connectivity index (χ0) is 113. The molecule has 20 aromatic rings. The summed E-state index contributed by atoms with van der Waals surface area (Å²) < 4.78 is 178. The summed E-state index contributed by atoms with van der Waals surface area (Å²) in [5.74, 6) is 0. The first-order valence-corrected chi connectivity index (χ1v) is 47.7. The van der Waals surface area contributed by atoms with Gasteiger partial charge in [0.1, 0.15) is 30.8 Å². The minimum absolute atomic E-state index is 0. The van der Waals surface area contributed by atoms with Gasteiger partial charge in [-0.15, -0.1) is 0 Å². The first kappa shape index (κ1) is 74.1. The van der Waals surface area contributed by atoms with Gasteiger partial charge in [-0.3, -0.25) is 0 Å². The van der Waals surface area contributed by atoms with E-state index in [9.17, 15) is 0 Å². The fraction of sp³-hybridized carbons (Fsp3) is 0.298. The molecular formula is C121H129N15O5. The predicted octanol–water partition coefficient (Wildman–Crippen LogP) is 32.0. The summed E-state index contributed by atoms with van der Waals surface area (Å²) in [5.41, 5.74) is 25.2. The summed E-state index contributed by atoms with van der Waals surface area (Å²) in [5, 5.41) is 9.77. The molecule has 10 aromatic carbocycles. The normalized spacial score (nSPS) is 19.0. The van der Waals surface area contributed by atoms with Gasteiger partial charge in [-0.25, -0.2) is 24.9 Å². The molecule has 0 bridgehead atoms. The van der Waals surface area contributed by atoms with Crippen LogP contribution in [0.5, 0.6) is 0 Å². The van der Waals surface area contributed by atoms with Crippen LogP contribution in [0.1, 0.15) is 179 Å². The van der Waals surface area contributed by atoms with Gasteiger partial charge in [0.15, 0.2) is 27.9 Å². The fourth-order valence-electron chi connectivity index (χ4n) is 21.5. The largest absolute Gasteiger partial charge is 0.435 e. The summed E-state index contributed by atoms with van der Waals surface area (Å²) >= 11 is 0. The second-order valence-electron chi connectivity index (χ2n) is 38.3. The maximum atomic E-state index is 8.74. The zero-order valence-corrected chi connectivity index (χ0v) is 82.2. The van der Waals surface area contributed by atoms with E-state index >= 15 is 0 Å². The van der Waals surface area contributed by atoms with Crippen LogP contribution in [-0.2, 0) is 0 Å². The van der Waals surface area contributed by atoms with E-state index in [0.29, 0.717) is 45.4 Å². The Hall–Kier alpha value is -15.1. The van der Waals surface area contributed by atoms with Gasteiger partial charge in [0.25, 0.3) is 0 Å².